The Morgan fingerprint density at radius 2 is 2.20 bits per heavy atom. The molecule has 3 rings (SSSR count). The maximum atomic E-state index is 12.9. The van der Waals surface area contributed by atoms with Crippen molar-refractivity contribution in [2.75, 3.05) is 34.3 Å². The lowest BCUT2D eigenvalue weighted by Crippen LogP contribution is -2.38. The average Bonchev–Trinajstić information content (AvgIpc) is 2.93. The van der Waals surface area contributed by atoms with E-state index in [2.05, 4.69) is 28.5 Å². The normalized spacial score (nSPS) is 17.3. The predicted octanol–water partition coefficient (Wildman–Crippen LogP) is 1.65. The number of nitrogens with zero attached hydrogens (tertiary/aromatic N) is 4. The van der Waals surface area contributed by atoms with Crippen LogP contribution in [0.2, 0.25) is 0 Å². The molecule has 0 saturated carbocycles. The number of ether oxygens (including phenoxy) is 1. The SMILES string of the molecule is COc1cccc(CC(=O)N2Cc3nccn3C[C@H](CN(C)C)C2)c1. The first-order valence-corrected chi connectivity index (χ1v) is 8.60. The lowest BCUT2D eigenvalue weighted by Gasteiger charge is -2.26. The molecule has 2 heterocycles. The van der Waals surface area contributed by atoms with Gasteiger partial charge in [0.15, 0.2) is 0 Å². The van der Waals surface area contributed by atoms with Gasteiger partial charge in [0, 0.05) is 37.9 Å². The highest BCUT2D eigenvalue weighted by Crippen LogP contribution is 2.19. The van der Waals surface area contributed by atoms with Gasteiger partial charge < -0.3 is 19.1 Å². The Morgan fingerprint density at radius 1 is 1.36 bits per heavy atom. The van der Waals surface area contributed by atoms with Crippen LogP contribution in [0.5, 0.6) is 5.75 Å². The summed E-state index contributed by atoms with van der Waals surface area (Å²) in [7, 11) is 5.78. The van der Waals surface area contributed by atoms with Crippen LogP contribution in [0.25, 0.3) is 0 Å². The molecule has 25 heavy (non-hydrogen) atoms. The van der Waals surface area contributed by atoms with Gasteiger partial charge in [0.25, 0.3) is 0 Å². The largest absolute Gasteiger partial charge is 0.497 e. The smallest absolute Gasteiger partial charge is 0.227 e. The molecular weight excluding hydrogens is 316 g/mol. The van der Waals surface area contributed by atoms with E-state index in [1.807, 2.05) is 41.6 Å². The molecule has 6 nitrogen and oxygen atoms in total. The van der Waals surface area contributed by atoms with Crippen LogP contribution in [0.15, 0.2) is 36.7 Å². The number of hydrogen-bond donors (Lipinski definition) is 0. The van der Waals surface area contributed by atoms with Crippen molar-refractivity contribution >= 4 is 5.91 Å². The first-order chi connectivity index (χ1) is 12.0. The fraction of sp³-hybridized carbons (Fsp3) is 0.474. The number of amides is 1. The fourth-order valence-corrected chi connectivity index (χ4v) is 3.43. The molecule has 1 aromatic heterocycles. The number of carbonyl (C=O) groups is 1. The minimum Gasteiger partial charge on any atom is -0.497 e. The van der Waals surface area contributed by atoms with E-state index in [-0.39, 0.29) is 5.91 Å². The van der Waals surface area contributed by atoms with Crippen LogP contribution in [0, 0.1) is 5.92 Å². The van der Waals surface area contributed by atoms with Crippen molar-refractivity contribution in [2.24, 2.45) is 5.92 Å². The molecule has 1 aromatic carbocycles. The van der Waals surface area contributed by atoms with Gasteiger partial charge in [0.1, 0.15) is 11.6 Å². The van der Waals surface area contributed by atoms with E-state index in [9.17, 15) is 4.79 Å². The summed E-state index contributed by atoms with van der Waals surface area (Å²) < 4.78 is 7.43. The molecule has 0 aliphatic carbocycles. The summed E-state index contributed by atoms with van der Waals surface area (Å²) in [5.74, 6) is 2.26. The van der Waals surface area contributed by atoms with Crippen LogP contribution in [0.4, 0.5) is 0 Å². The Morgan fingerprint density at radius 3 is 2.96 bits per heavy atom. The van der Waals surface area contributed by atoms with E-state index in [4.69, 9.17) is 4.74 Å². The Labute approximate surface area is 149 Å². The van der Waals surface area contributed by atoms with Crippen molar-refractivity contribution in [1.82, 2.24) is 19.4 Å². The number of aromatic nitrogens is 2. The highest BCUT2D eigenvalue weighted by Gasteiger charge is 2.26. The third-order valence-electron chi connectivity index (χ3n) is 4.53. The number of methoxy groups -OCH3 is 1. The summed E-state index contributed by atoms with van der Waals surface area (Å²) in [5.41, 5.74) is 0.973. The highest BCUT2D eigenvalue weighted by molar-refractivity contribution is 5.78. The van der Waals surface area contributed by atoms with Crippen LogP contribution in [-0.2, 0) is 24.3 Å². The second-order valence-corrected chi connectivity index (χ2v) is 6.93. The predicted molar refractivity (Wildman–Crippen MR) is 96.4 cm³/mol. The summed E-state index contributed by atoms with van der Waals surface area (Å²) in [6.07, 6.45) is 4.21. The van der Waals surface area contributed by atoms with Crippen molar-refractivity contribution < 1.29 is 9.53 Å². The minimum absolute atomic E-state index is 0.133. The van der Waals surface area contributed by atoms with Crippen molar-refractivity contribution in [3.05, 3.63) is 48.0 Å². The molecule has 0 bridgehead atoms. The van der Waals surface area contributed by atoms with E-state index in [1.54, 1.807) is 7.11 Å². The lowest BCUT2D eigenvalue weighted by atomic mass is 10.1. The Kier molecular flexibility index (Phi) is 5.38. The first kappa shape index (κ1) is 17.5. The van der Waals surface area contributed by atoms with Crippen LogP contribution < -0.4 is 4.74 Å². The highest BCUT2D eigenvalue weighted by atomic mass is 16.5. The maximum absolute atomic E-state index is 12.9. The number of hydrogen-bond acceptors (Lipinski definition) is 4. The summed E-state index contributed by atoms with van der Waals surface area (Å²) in [6, 6.07) is 7.71. The Balaban J connectivity index is 1.75. The third kappa shape index (κ3) is 4.39. The Hall–Kier alpha value is -2.34. The van der Waals surface area contributed by atoms with Gasteiger partial charge >= 0.3 is 0 Å². The second-order valence-electron chi connectivity index (χ2n) is 6.93. The van der Waals surface area contributed by atoms with Gasteiger partial charge in [-0.3, -0.25) is 4.79 Å². The number of carbonyl (C=O) groups excluding carboxylic acids is 1. The zero-order valence-corrected chi connectivity index (χ0v) is 15.2. The topological polar surface area (TPSA) is 50.6 Å². The Bertz CT molecular complexity index is 726. The molecule has 1 aliphatic heterocycles. The number of imidazole rings is 1. The van der Waals surface area contributed by atoms with Gasteiger partial charge in [-0.15, -0.1) is 0 Å². The van der Waals surface area contributed by atoms with Crippen molar-refractivity contribution in [1.29, 1.82) is 0 Å². The third-order valence-corrected chi connectivity index (χ3v) is 4.53. The zero-order chi connectivity index (χ0) is 17.8. The van der Waals surface area contributed by atoms with E-state index in [0.29, 0.717) is 18.9 Å². The molecule has 2 aromatic rings. The molecule has 0 saturated heterocycles. The molecule has 0 fully saturated rings. The maximum Gasteiger partial charge on any atom is 0.227 e. The first-order valence-electron chi connectivity index (χ1n) is 8.60. The molecule has 0 N–H and O–H groups in total. The summed E-state index contributed by atoms with van der Waals surface area (Å²) in [4.78, 5) is 21.5. The zero-order valence-electron chi connectivity index (χ0n) is 15.2. The van der Waals surface area contributed by atoms with Crippen molar-refractivity contribution in [3.63, 3.8) is 0 Å². The van der Waals surface area contributed by atoms with Gasteiger partial charge in [0.2, 0.25) is 5.91 Å². The van der Waals surface area contributed by atoms with Crippen LogP contribution in [0.1, 0.15) is 11.4 Å². The monoisotopic (exact) mass is 342 g/mol. The summed E-state index contributed by atoms with van der Waals surface area (Å²) in [6.45, 7) is 3.17. The number of fused-ring (bicyclic) bond motifs is 1. The van der Waals surface area contributed by atoms with Gasteiger partial charge in [-0.1, -0.05) is 12.1 Å². The minimum atomic E-state index is 0.133. The quantitative estimate of drug-likeness (QED) is 0.829. The number of rotatable bonds is 5. The molecule has 0 spiro atoms. The van der Waals surface area contributed by atoms with Gasteiger partial charge in [0.05, 0.1) is 20.1 Å². The average molecular weight is 342 g/mol. The molecule has 1 aliphatic rings. The van der Waals surface area contributed by atoms with E-state index in [1.165, 1.54) is 0 Å². The molecule has 1 amide bonds. The van der Waals surface area contributed by atoms with Crippen molar-refractivity contribution in [2.45, 2.75) is 19.5 Å². The van der Waals surface area contributed by atoms with Crippen molar-refractivity contribution in [3.8, 4) is 5.75 Å². The van der Waals surface area contributed by atoms with E-state index in [0.717, 1.165) is 36.8 Å². The molecule has 6 heteroatoms. The molecule has 134 valence electrons. The van der Waals surface area contributed by atoms with Gasteiger partial charge in [-0.05, 0) is 31.8 Å². The van der Waals surface area contributed by atoms with Gasteiger partial charge in [-0.2, -0.15) is 0 Å². The van der Waals surface area contributed by atoms with Crippen LogP contribution >= 0.6 is 0 Å². The van der Waals surface area contributed by atoms with E-state index >= 15 is 0 Å². The molecule has 0 radical (unpaired) electrons. The summed E-state index contributed by atoms with van der Waals surface area (Å²) >= 11 is 0. The standard InChI is InChI=1S/C19H26N4O2/c1-21(2)11-16-12-22-8-7-20-18(22)14-23(13-16)19(24)10-15-5-4-6-17(9-15)25-3/h4-9,16H,10-14H2,1-3H3/t16-/m0/s1. The van der Waals surface area contributed by atoms with Gasteiger partial charge in [-0.25, -0.2) is 4.98 Å². The summed E-state index contributed by atoms with van der Waals surface area (Å²) in [5, 5.41) is 0. The molecular formula is C19H26N4O2. The molecule has 1 atom stereocenters. The number of benzene rings is 1. The fourth-order valence-electron chi connectivity index (χ4n) is 3.43. The van der Waals surface area contributed by atoms with Crippen LogP contribution in [0.3, 0.4) is 0 Å². The molecule has 0 unspecified atom stereocenters. The van der Waals surface area contributed by atoms with Crippen LogP contribution in [-0.4, -0.2) is 59.6 Å². The lowest BCUT2D eigenvalue weighted by molar-refractivity contribution is -0.131. The second kappa shape index (κ2) is 7.70. The van der Waals surface area contributed by atoms with E-state index < -0.39 is 0 Å².